The smallest absolute Gasteiger partial charge is 0.408 e. The van der Waals surface area contributed by atoms with Gasteiger partial charge in [0.2, 0.25) is 0 Å². The van der Waals surface area contributed by atoms with E-state index in [1.807, 2.05) is 23.1 Å². The molecule has 3 saturated heterocycles. The van der Waals surface area contributed by atoms with Gasteiger partial charge in [0.05, 0.1) is 12.1 Å². The maximum atomic E-state index is 14.5. The summed E-state index contributed by atoms with van der Waals surface area (Å²) in [5.41, 5.74) is 3.84. The standard InChI is InChI=1S/C26H29FN2O2/c27-22-4-2-1-3-20(22)19-6-5-17-7-10-26(11-12-26)24(21(17)15-19)29(25(30)31)23-16-28-13-8-18(23)9-14-28/h1-6,15,18,23-24H,7-14,16H2,(H,30,31)/t23-,24?/m1/s1. The van der Waals surface area contributed by atoms with Gasteiger partial charge in [-0.1, -0.05) is 30.3 Å². The zero-order valence-corrected chi connectivity index (χ0v) is 17.8. The molecule has 2 aromatic carbocycles. The second-order valence-corrected chi connectivity index (χ2v) is 10.1. The van der Waals surface area contributed by atoms with E-state index in [9.17, 15) is 14.3 Å². The predicted octanol–water partition coefficient (Wildman–Crippen LogP) is 5.33. The van der Waals surface area contributed by atoms with Crippen molar-refractivity contribution in [2.45, 2.75) is 50.6 Å². The number of amides is 1. The highest BCUT2D eigenvalue weighted by molar-refractivity contribution is 5.69. The molecular weight excluding hydrogens is 391 g/mol. The lowest BCUT2D eigenvalue weighted by molar-refractivity contribution is -0.0243. The molecule has 162 valence electrons. The summed E-state index contributed by atoms with van der Waals surface area (Å²) >= 11 is 0. The van der Waals surface area contributed by atoms with Crippen LogP contribution in [0.1, 0.15) is 49.3 Å². The minimum Gasteiger partial charge on any atom is -0.465 e. The number of carboxylic acid groups (broad SMARTS) is 1. The van der Waals surface area contributed by atoms with Gasteiger partial charge in [0.1, 0.15) is 5.82 Å². The van der Waals surface area contributed by atoms with Crippen molar-refractivity contribution in [2.24, 2.45) is 11.3 Å². The van der Waals surface area contributed by atoms with Crippen LogP contribution in [-0.4, -0.2) is 46.7 Å². The van der Waals surface area contributed by atoms with E-state index in [0.717, 1.165) is 69.3 Å². The fourth-order valence-corrected chi connectivity index (χ4v) is 6.61. The summed E-state index contributed by atoms with van der Waals surface area (Å²) in [6, 6.07) is 13.0. The molecule has 5 aliphatic rings. The summed E-state index contributed by atoms with van der Waals surface area (Å²) in [5, 5.41) is 10.5. The lowest BCUT2D eigenvalue weighted by Crippen LogP contribution is -2.60. The number of hydrogen-bond acceptors (Lipinski definition) is 2. The minimum atomic E-state index is -0.792. The van der Waals surface area contributed by atoms with Gasteiger partial charge >= 0.3 is 6.09 Å². The van der Waals surface area contributed by atoms with Crippen LogP contribution in [0.25, 0.3) is 11.1 Å². The molecule has 5 heteroatoms. The van der Waals surface area contributed by atoms with Crippen molar-refractivity contribution in [3.8, 4) is 11.1 Å². The summed E-state index contributed by atoms with van der Waals surface area (Å²) in [6.45, 7) is 3.04. The van der Waals surface area contributed by atoms with Crippen molar-refractivity contribution >= 4 is 6.09 Å². The van der Waals surface area contributed by atoms with Gasteiger partial charge in [-0.15, -0.1) is 0 Å². The van der Waals surface area contributed by atoms with Crippen LogP contribution in [0.2, 0.25) is 0 Å². The molecule has 3 aliphatic heterocycles. The van der Waals surface area contributed by atoms with Crippen LogP contribution in [0.4, 0.5) is 9.18 Å². The number of benzene rings is 2. The van der Waals surface area contributed by atoms with Crippen LogP contribution in [0.15, 0.2) is 42.5 Å². The Bertz CT molecular complexity index is 1030. The van der Waals surface area contributed by atoms with Crippen molar-refractivity contribution < 1.29 is 14.3 Å². The van der Waals surface area contributed by atoms with Crippen LogP contribution in [0.3, 0.4) is 0 Å². The zero-order valence-electron chi connectivity index (χ0n) is 17.8. The topological polar surface area (TPSA) is 43.8 Å². The number of halogens is 1. The Labute approximate surface area is 182 Å². The number of hydrogen-bond donors (Lipinski definition) is 1. The lowest BCUT2D eigenvalue weighted by Gasteiger charge is -2.52. The molecule has 31 heavy (non-hydrogen) atoms. The Balaban J connectivity index is 1.46. The van der Waals surface area contributed by atoms with Gasteiger partial charge < -0.3 is 10.0 Å². The Hall–Kier alpha value is -2.40. The Morgan fingerprint density at radius 2 is 1.87 bits per heavy atom. The molecule has 3 heterocycles. The van der Waals surface area contributed by atoms with E-state index in [4.69, 9.17) is 0 Å². The molecule has 0 aromatic heterocycles. The Morgan fingerprint density at radius 3 is 2.52 bits per heavy atom. The van der Waals surface area contributed by atoms with Crippen LogP contribution in [0.5, 0.6) is 0 Å². The van der Waals surface area contributed by atoms with Crippen LogP contribution in [0, 0.1) is 17.2 Å². The maximum Gasteiger partial charge on any atom is 0.408 e. The Kier molecular flexibility index (Phi) is 4.39. The molecule has 7 rings (SSSR count). The van der Waals surface area contributed by atoms with Gasteiger partial charge in [-0.05, 0) is 91.8 Å². The van der Waals surface area contributed by atoms with Crippen molar-refractivity contribution in [1.29, 1.82) is 0 Å². The highest BCUT2D eigenvalue weighted by atomic mass is 19.1. The fourth-order valence-electron chi connectivity index (χ4n) is 6.61. The summed E-state index contributed by atoms with van der Waals surface area (Å²) in [6.07, 6.45) is 5.61. The molecule has 1 amide bonds. The van der Waals surface area contributed by atoms with Crippen molar-refractivity contribution in [2.75, 3.05) is 19.6 Å². The molecule has 2 aliphatic carbocycles. The highest BCUT2D eigenvalue weighted by Gasteiger charge is 2.57. The first-order chi connectivity index (χ1) is 15.1. The maximum absolute atomic E-state index is 14.5. The average Bonchev–Trinajstić information content (AvgIpc) is 3.56. The number of rotatable bonds is 3. The first-order valence-corrected chi connectivity index (χ1v) is 11.7. The molecular formula is C26H29FN2O2. The Morgan fingerprint density at radius 1 is 1.10 bits per heavy atom. The SMILES string of the molecule is O=C(O)N(C1c2cc(-c3ccccc3F)ccc2CCC12CC2)[C@@H]1CN2CCC1CC2. The van der Waals surface area contributed by atoms with Crippen molar-refractivity contribution in [3.05, 3.63) is 59.4 Å². The molecule has 0 radical (unpaired) electrons. The van der Waals surface area contributed by atoms with Gasteiger partial charge in [0, 0.05) is 12.1 Å². The summed E-state index contributed by atoms with van der Waals surface area (Å²) in [7, 11) is 0. The molecule has 2 bridgehead atoms. The summed E-state index contributed by atoms with van der Waals surface area (Å²) in [5.74, 6) is 0.223. The third-order valence-electron chi connectivity index (χ3n) is 8.47. The van der Waals surface area contributed by atoms with E-state index in [1.165, 1.54) is 11.6 Å². The van der Waals surface area contributed by atoms with Gasteiger partial charge in [0.25, 0.3) is 0 Å². The van der Waals surface area contributed by atoms with Gasteiger partial charge in [-0.25, -0.2) is 9.18 Å². The largest absolute Gasteiger partial charge is 0.465 e. The van der Waals surface area contributed by atoms with Crippen LogP contribution >= 0.6 is 0 Å². The van der Waals surface area contributed by atoms with E-state index in [2.05, 4.69) is 17.0 Å². The summed E-state index contributed by atoms with van der Waals surface area (Å²) < 4.78 is 14.5. The monoisotopic (exact) mass is 420 g/mol. The molecule has 1 unspecified atom stereocenters. The van der Waals surface area contributed by atoms with E-state index in [0.29, 0.717) is 11.5 Å². The van der Waals surface area contributed by atoms with E-state index >= 15 is 0 Å². The molecule has 1 N–H and O–H groups in total. The number of aryl methyl sites for hydroxylation is 1. The summed E-state index contributed by atoms with van der Waals surface area (Å²) in [4.78, 5) is 17.0. The molecule has 2 atom stereocenters. The number of carbonyl (C=O) groups is 1. The first-order valence-electron chi connectivity index (χ1n) is 11.7. The quantitative estimate of drug-likeness (QED) is 0.729. The molecule has 1 spiro atoms. The molecule has 2 aromatic rings. The normalized spacial score (nSPS) is 30.1. The molecule has 4 fully saturated rings. The van der Waals surface area contributed by atoms with E-state index in [-0.39, 0.29) is 23.3 Å². The second kappa shape index (κ2) is 7.06. The third kappa shape index (κ3) is 3.08. The number of fused-ring (bicyclic) bond motifs is 4. The first kappa shape index (κ1) is 19.3. The van der Waals surface area contributed by atoms with Crippen molar-refractivity contribution in [3.63, 3.8) is 0 Å². The van der Waals surface area contributed by atoms with Gasteiger partial charge in [0.15, 0.2) is 0 Å². The highest BCUT2D eigenvalue weighted by Crippen LogP contribution is 2.64. The molecule has 1 saturated carbocycles. The average molecular weight is 421 g/mol. The predicted molar refractivity (Wildman–Crippen MR) is 117 cm³/mol. The second-order valence-electron chi connectivity index (χ2n) is 10.1. The van der Waals surface area contributed by atoms with Crippen LogP contribution in [-0.2, 0) is 6.42 Å². The van der Waals surface area contributed by atoms with E-state index in [1.54, 1.807) is 6.07 Å². The number of nitrogens with zero attached hydrogens (tertiary/aromatic N) is 2. The van der Waals surface area contributed by atoms with Crippen LogP contribution < -0.4 is 0 Å². The molecule has 4 nitrogen and oxygen atoms in total. The lowest BCUT2D eigenvalue weighted by atomic mass is 9.73. The third-order valence-corrected chi connectivity index (χ3v) is 8.47. The fraction of sp³-hybridized carbons (Fsp3) is 0.500. The van der Waals surface area contributed by atoms with Gasteiger partial charge in [-0.3, -0.25) is 4.90 Å². The minimum absolute atomic E-state index is 0.0607. The number of piperidine rings is 3. The van der Waals surface area contributed by atoms with Gasteiger partial charge in [-0.2, -0.15) is 0 Å². The van der Waals surface area contributed by atoms with E-state index < -0.39 is 6.09 Å². The van der Waals surface area contributed by atoms with Crippen molar-refractivity contribution in [1.82, 2.24) is 9.80 Å². The zero-order chi connectivity index (χ0) is 21.2.